The van der Waals surface area contributed by atoms with Gasteiger partial charge in [0.05, 0.1) is 0 Å². The minimum Gasteiger partial charge on any atom is -0.490 e. The molecule has 0 unspecified atom stereocenters. The van der Waals surface area contributed by atoms with Gasteiger partial charge in [-0.3, -0.25) is 0 Å². The van der Waals surface area contributed by atoms with Gasteiger partial charge in [0.1, 0.15) is 19.0 Å². The second-order valence-corrected chi connectivity index (χ2v) is 4.96. The monoisotopic (exact) mass is 260 g/mol. The van der Waals surface area contributed by atoms with E-state index in [4.69, 9.17) is 9.47 Å². The minimum atomic E-state index is -0.371. The fourth-order valence-electron chi connectivity index (χ4n) is 1.99. The Hall–Kier alpha value is -1.77. The molecule has 1 saturated carbocycles. The molecule has 0 saturated heterocycles. The van der Waals surface area contributed by atoms with E-state index in [1.54, 1.807) is 6.92 Å². The lowest BCUT2D eigenvalue weighted by molar-refractivity contribution is -0.139. The van der Waals surface area contributed by atoms with E-state index in [0.717, 1.165) is 11.7 Å². The molecule has 1 aromatic rings. The molecule has 0 aromatic heterocycles. The van der Waals surface area contributed by atoms with Gasteiger partial charge in [0, 0.05) is 5.57 Å². The lowest BCUT2D eigenvalue weighted by atomic mass is 9.80. The molecule has 102 valence electrons. The van der Waals surface area contributed by atoms with Crippen molar-refractivity contribution in [3.8, 4) is 5.75 Å². The maximum absolute atomic E-state index is 11.1. The molecule has 0 spiro atoms. The summed E-state index contributed by atoms with van der Waals surface area (Å²) in [7, 11) is 0. The second kappa shape index (κ2) is 6.41. The van der Waals surface area contributed by atoms with Gasteiger partial charge >= 0.3 is 5.97 Å². The summed E-state index contributed by atoms with van der Waals surface area (Å²) in [4.78, 5) is 11.1. The van der Waals surface area contributed by atoms with Crippen molar-refractivity contribution < 1.29 is 14.3 Å². The zero-order valence-electron chi connectivity index (χ0n) is 11.4. The van der Waals surface area contributed by atoms with Crippen LogP contribution in [0.1, 0.15) is 37.7 Å². The van der Waals surface area contributed by atoms with E-state index in [1.165, 1.54) is 24.8 Å². The Bertz CT molecular complexity index is 444. The first-order valence-corrected chi connectivity index (χ1v) is 6.72. The zero-order chi connectivity index (χ0) is 13.7. The van der Waals surface area contributed by atoms with E-state index in [0.29, 0.717) is 12.2 Å². The SMILES string of the molecule is C=C(C)C(=O)OCCOc1ccc(C2CCC2)cc1. The molecule has 1 fully saturated rings. The highest BCUT2D eigenvalue weighted by Gasteiger charge is 2.18. The second-order valence-electron chi connectivity index (χ2n) is 4.96. The number of carbonyl (C=O) groups is 1. The third-order valence-corrected chi connectivity index (χ3v) is 3.39. The molecule has 0 bridgehead atoms. The molecule has 0 aliphatic heterocycles. The van der Waals surface area contributed by atoms with E-state index in [-0.39, 0.29) is 12.6 Å². The third kappa shape index (κ3) is 3.85. The minimum absolute atomic E-state index is 0.246. The predicted molar refractivity (Wildman–Crippen MR) is 74.3 cm³/mol. The Morgan fingerprint density at radius 2 is 1.95 bits per heavy atom. The number of ether oxygens (including phenoxy) is 2. The van der Waals surface area contributed by atoms with Gasteiger partial charge < -0.3 is 9.47 Å². The molecule has 1 aliphatic rings. The number of rotatable bonds is 6. The Morgan fingerprint density at radius 1 is 1.26 bits per heavy atom. The summed E-state index contributed by atoms with van der Waals surface area (Å²) in [6, 6.07) is 8.21. The van der Waals surface area contributed by atoms with Gasteiger partial charge in [-0.05, 0) is 43.4 Å². The van der Waals surface area contributed by atoms with Gasteiger partial charge in [0.2, 0.25) is 0 Å². The van der Waals surface area contributed by atoms with Crippen LogP contribution in [0.5, 0.6) is 5.75 Å². The van der Waals surface area contributed by atoms with Crippen LogP contribution in [-0.4, -0.2) is 19.2 Å². The zero-order valence-corrected chi connectivity index (χ0v) is 11.4. The average molecular weight is 260 g/mol. The highest BCUT2D eigenvalue weighted by atomic mass is 16.6. The van der Waals surface area contributed by atoms with Crippen molar-refractivity contribution in [2.24, 2.45) is 0 Å². The normalized spacial score (nSPS) is 14.6. The fourth-order valence-corrected chi connectivity index (χ4v) is 1.99. The van der Waals surface area contributed by atoms with E-state index < -0.39 is 0 Å². The van der Waals surface area contributed by atoms with Crippen LogP contribution in [0.4, 0.5) is 0 Å². The first-order chi connectivity index (χ1) is 9.16. The van der Waals surface area contributed by atoms with Crippen LogP contribution in [0.3, 0.4) is 0 Å². The van der Waals surface area contributed by atoms with Crippen molar-refractivity contribution in [1.29, 1.82) is 0 Å². The first-order valence-electron chi connectivity index (χ1n) is 6.72. The van der Waals surface area contributed by atoms with Crippen molar-refractivity contribution in [3.05, 3.63) is 42.0 Å². The molecule has 2 rings (SSSR count). The lowest BCUT2D eigenvalue weighted by Crippen LogP contribution is -2.12. The van der Waals surface area contributed by atoms with Crippen LogP contribution >= 0.6 is 0 Å². The summed E-state index contributed by atoms with van der Waals surface area (Å²) in [5.74, 6) is 1.18. The summed E-state index contributed by atoms with van der Waals surface area (Å²) in [5, 5.41) is 0. The summed E-state index contributed by atoms with van der Waals surface area (Å²) in [5.41, 5.74) is 1.80. The molecule has 0 atom stereocenters. The smallest absolute Gasteiger partial charge is 0.333 e. The van der Waals surface area contributed by atoms with Gasteiger partial charge in [0.15, 0.2) is 0 Å². The third-order valence-electron chi connectivity index (χ3n) is 3.39. The van der Waals surface area contributed by atoms with Gasteiger partial charge in [-0.1, -0.05) is 25.1 Å². The number of hydrogen-bond acceptors (Lipinski definition) is 3. The first kappa shape index (κ1) is 13.7. The van der Waals surface area contributed by atoms with Crippen molar-refractivity contribution in [3.63, 3.8) is 0 Å². The predicted octanol–water partition coefficient (Wildman–Crippen LogP) is 3.45. The van der Waals surface area contributed by atoms with Crippen molar-refractivity contribution in [2.45, 2.75) is 32.1 Å². The lowest BCUT2D eigenvalue weighted by Gasteiger charge is -2.25. The molecule has 1 aliphatic carbocycles. The van der Waals surface area contributed by atoms with Crippen LogP contribution in [0.2, 0.25) is 0 Å². The molecular weight excluding hydrogens is 240 g/mol. The Morgan fingerprint density at radius 3 is 2.47 bits per heavy atom. The molecule has 0 amide bonds. The maximum Gasteiger partial charge on any atom is 0.333 e. The molecule has 1 aromatic carbocycles. The average Bonchev–Trinajstić information content (AvgIpc) is 2.34. The van der Waals surface area contributed by atoms with Crippen LogP contribution in [-0.2, 0) is 9.53 Å². The molecule has 3 nitrogen and oxygen atoms in total. The molecule has 19 heavy (non-hydrogen) atoms. The van der Waals surface area contributed by atoms with Crippen molar-refractivity contribution in [1.82, 2.24) is 0 Å². The number of esters is 1. The Kier molecular flexibility index (Phi) is 4.61. The number of carbonyl (C=O) groups excluding carboxylic acids is 1. The summed E-state index contributed by atoms with van der Waals surface area (Å²) in [6.45, 7) is 5.75. The number of benzene rings is 1. The van der Waals surface area contributed by atoms with Gasteiger partial charge in [0.25, 0.3) is 0 Å². The summed E-state index contributed by atoms with van der Waals surface area (Å²) < 4.78 is 10.5. The van der Waals surface area contributed by atoms with E-state index in [2.05, 4.69) is 18.7 Å². The van der Waals surface area contributed by atoms with E-state index in [9.17, 15) is 4.79 Å². The van der Waals surface area contributed by atoms with E-state index >= 15 is 0 Å². The van der Waals surface area contributed by atoms with Crippen molar-refractivity contribution >= 4 is 5.97 Å². The fraction of sp³-hybridized carbons (Fsp3) is 0.438. The summed E-state index contributed by atoms with van der Waals surface area (Å²) >= 11 is 0. The molecule has 0 radical (unpaired) electrons. The Balaban J connectivity index is 1.71. The van der Waals surface area contributed by atoms with Crippen LogP contribution < -0.4 is 4.74 Å². The topological polar surface area (TPSA) is 35.5 Å². The highest BCUT2D eigenvalue weighted by Crippen LogP contribution is 2.36. The van der Waals surface area contributed by atoms with Gasteiger partial charge in [-0.25, -0.2) is 4.79 Å². The molecular formula is C16H20O3. The number of hydrogen-bond donors (Lipinski definition) is 0. The molecule has 3 heteroatoms. The van der Waals surface area contributed by atoms with Gasteiger partial charge in [-0.15, -0.1) is 0 Å². The van der Waals surface area contributed by atoms with Crippen LogP contribution in [0.15, 0.2) is 36.4 Å². The molecule has 0 N–H and O–H groups in total. The summed E-state index contributed by atoms with van der Waals surface area (Å²) in [6.07, 6.45) is 3.95. The van der Waals surface area contributed by atoms with Gasteiger partial charge in [-0.2, -0.15) is 0 Å². The van der Waals surface area contributed by atoms with Crippen molar-refractivity contribution in [2.75, 3.05) is 13.2 Å². The largest absolute Gasteiger partial charge is 0.490 e. The molecule has 0 heterocycles. The highest BCUT2D eigenvalue weighted by molar-refractivity contribution is 5.86. The standard InChI is InChI=1S/C16H20O3/c1-12(2)16(17)19-11-10-18-15-8-6-14(7-9-15)13-4-3-5-13/h6-9,13H,1,3-5,10-11H2,2H3. The quantitative estimate of drug-likeness (QED) is 0.446. The maximum atomic E-state index is 11.1. The Labute approximate surface area is 114 Å². The van der Waals surface area contributed by atoms with E-state index in [1.807, 2.05) is 12.1 Å². The van der Waals surface area contributed by atoms with Crippen LogP contribution in [0.25, 0.3) is 0 Å². The van der Waals surface area contributed by atoms with Crippen LogP contribution in [0, 0.1) is 0 Å².